The molecule has 1 saturated heterocycles. The van der Waals surface area contributed by atoms with E-state index in [0.717, 1.165) is 62.3 Å². The lowest BCUT2D eigenvalue weighted by Crippen LogP contribution is -2.44. The van der Waals surface area contributed by atoms with Crippen LogP contribution in [0.4, 0.5) is 5.69 Å². The lowest BCUT2D eigenvalue weighted by Gasteiger charge is -2.30. The molecule has 0 saturated carbocycles. The summed E-state index contributed by atoms with van der Waals surface area (Å²) >= 11 is 12.5. The number of likely N-dealkylation sites (N-methyl/N-ethyl adjacent to an activating group) is 1. The number of carbonyl (C=O) groups is 2. The molecule has 3 aromatic rings. The second-order valence-corrected chi connectivity index (χ2v) is 14.7. The Bertz CT molecular complexity index is 1750. The highest BCUT2D eigenvalue weighted by Crippen LogP contribution is 2.37. The number of likely N-dealkylation sites (tertiary alicyclic amines) is 1. The number of H-pyrrole nitrogens is 1. The van der Waals surface area contributed by atoms with Gasteiger partial charge in [0, 0.05) is 57.4 Å². The van der Waals surface area contributed by atoms with Crippen molar-refractivity contribution in [1.82, 2.24) is 14.8 Å². The topological polar surface area (TPSA) is 103 Å². The number of aromatic amines is 1. The summed E-state index contributed by atoms with van der Waals surface area (Å²) in [5.74, 6) is -0.582. The van der Waals surface area contributed by atoms with Gasteiger partial charge in [-0.3, -0.25) is 9.59 Å². The number of nitrogens with one attached hydrogen (secondary N) is 2. The summed E-state index contributed by atoms with van der Waals surface area (Å²) in [6.07, 6.45) is 5.14. The first kappa shape index (κ1) is 33.3. The van der Waals surface area contributed by atoms with E-state index in [1.807, 2.05) is 18.7 Å². The zero-order chi connectivity index (χ0) is 32.5. The van der Waals surface area contributed by atoms with Crippen molar-refractivity contribution in [2.24, 2.45) is 0 Å². The number of fused-ring (bicyclic) bond motifs is 1. The Morgan fingerprint density at radius 3 is 2.53 bits per heavy atom. The van der Waals surface area contributed by atoms with E-state index in [1.165, 1.54) is 12.1 Å². The second kappa shape index (κ2) is 13.7. The van der Waals surface area contributed by atoms with Gasteiger partial charge in [0.25, 0.3) is 5.91 Å². The predicted molar refractivity (Wildman–Crippen MR) is 181 cm³/mol. The summed E-state index contributed by atoms with van der Waals surface area (Å²) in [6.45, 7) is 11.9. The van der Waals surface area contributed by atoms with Crippen molar-refractivity contribution >= 4 is 62.2 Å². The highest BCUT2D eigenvalue weighted by atomic mass is 35.5. The van der Waals surface area contributed by atoms with Crippen molar-refractivity contribution in [1.29, 1.82) is 0 Å². The summed E-state index contributed by atoms with van der Waals surface area (Å²) in [6, 6.07) is 9.67. The number of benzene rings is 2. The quantitative estimate of drug-likeness (QED) is 0.222. The van der Waals surface area contributed by atoms with Gasteiger partial charge in [-0.1, -0.05) is 43.1 Å². The van der Waals surface area contributed by atoms with Gasteiger partial charge >= 0.3 is 0 Å². The fraction of sp³-hybridized carbons (Fsp3) is 0.412. The molecule has 11 heteroatoms. The van der Waals surface area contributed by atoms with E-state index in [9.17, 15) is 18.0 Å². The predicted octanol–water partition coefficient (Wildman–Crippen LogP) is 6.67. The number of aryl methyl sites for hydroxylation is 1. The molecule has 0 radical (unpaired) electrons. The minimum absolute atomic E-state index is 0.0612. The fourth-order valence-electron chi connectivity index (χ4n) is 6.42. The number of hydrogen-bond acceptors (Lipinski definition) is 5. The first-order chi connectivity index (χ1) is 21.4. The van der Waals surface area contributed by atoms with E-state index in [0.29, 0.717) is 28.1 Å². The van der Waals surface area contributed by atoms with Crippen LogP contribution in [0.25, 0.3) is 11.6 Å². The Kier molecular flexibility index (Phi) is 10.1. The Balaban J connectivity index is 1.39. The number of amides is 2. The molecular formula is C34H40Cl2N4O4S. The van der Waals surface area contributed by atoms with Crippen LogP contribution in [0.5, 0.6) is 0 Å². The van der Waals surface area contributed by atoms with Crippen molar-refractivity contribution in [3.05, 3.63) is 80.1 Å². The number of nitrogens with zero attached hydrogens (tertiary/aromatic N) is 2. The average Bonchev–Trinajstić information content (AvgIpc) is 3.66. The molecule has 0 spiro atoms. The van der Waals surface area contributed by atoms with E-state index in [4.69, 9.17) is 23.2 Å². The molecular weight excluding hydrogens is 631 g/mol. The number of hydrogen-bond donors (Lipinski definition) is 2. The number of carbonyl (C=O) groups excluding carboxylic acids is 2. The number of halogens is 2. The third-order valence-electron chi connectivity index (χ3n) is 8.93. The van der Waals surface area contributed by atoms with Crippen LogP contribution in [0.2, 0.25) is 10.0 Å². The summed E-state index contributed by atoms with van der Waals surface area (Å²) < 4.78 is 26.8. The molecule has 0 aliphatic carbocycles. The molecule has 5 rings (SSSR count). The zero-order valence-electron chi connectivity index (χ0n) is 26.2. The van der Waals surface area contributed by atoms with Gasteiger partial charge in [-0.15, -0.1) is 0 Å². The van der Waals surface area contributed by atoms with Crippen LogP contribution >= 0.6 is 23.2 Å². The lowest BCUT2D eigenvalue weighted by molar-refractivity contribution is -0.131. The largest absolute Gasteiger partial charge is 0.359 e. The molecule has 45 heavy (non-hydrogen) atoms. The number of rotatable bonds is 11. The van der Waals surface area contributed by atoms with Crippen molar-refractivity contribution in [3.8, 4) is 0 Å². The minimum atomic E-state index is -3.83. The first-order valence-electron chi connectivity index (χ1n) is 15.5. The molecule has 8 nitrogen and oxygen atoms in total. The Labute approximate surface area is 275 Å². The molecule has 0 unspecified atom stereocenters. The van der Waals surface area contributed by atoms with Gasteiger partial charge < -0.3 is 20.1 Å². The lowest BCUT2D eigenvalue weighted by atomic mass is 10.0. The van der Waals surface area contributed by atoms with Crippen LogP contribution < -0.4 is 5.32 Å². The monoisotopic (exact) mass is 670 g/mol. The van der Waals surface area contributed by atoms with E-state index < -0.39 is 9.84 Å². The molecule has 240 valence electrons. The molecule has 2 N–H and O–H groups in total. The third-order valence-corrected chi connectivity index (χ3v) is 11.3. The minimum Gasteiger partial charge on any atom is -0.359 e. The van der Waals surface area contributed by atoms with Crippen LogP contribution in [-0.2, 0) is 31.6 Å². The molecule has 2 aliphatic heterocycles. The van der Waals surface area contributed by atoms with Crippen molar-refractivity contribution in [3.63, 3.8) is 0 Å². The van der Waals surface area contributed by atoms with Crippen molar-refractivity contribution < 1.29 is 18.0 Å². The molecule has 2 aromatic carbocycles. The van der Waals surface area contributed by atoms with E-state index >= 15 is 0 Å². The van der Waals surface area contributed by atoms with Crippen LogP contribution in [-0.4, -0.2) is 67.2 Å². The van der Waals surface area contributed by atoms with Crippen LogP contribution in [0.3, 0.4) is 0 Å². The Morgan fingerprint density at radius 1 is 1.11 bits per heavy atom. The summed E-state index contributed by atoms with van der Waals surface area (Å²) in [4.78, 5) is 34.5. The summed E-state index contributed by atoms with van der Waals surface area (Å²) in [5.41, 5.74) is 5.09. The molecule has 2 amide bonds. The van der Waals surface area contributed by atoms with Crippen LogP contribution in [0, 0.1) is 13.8 Å². The van der Waals surface area contributed by atoms with Crippen molar-refractivity contribution in [2.75, 3.05) is 31.5 Å². The van der Waals surface area contributed by atoms with Gasteiger partial charge in [0.1, 0.15) is 0 Å². The Morgan fingerprint density at radius 2 is 1.84 bits per heavy atom. The molecule has 2 aliphatic rings. The molecule has 1 fully saturated rings. The average molecular weight is 672 g/mol. The van der Waals surface area contributed by atoms with Gasteiger partial charge in [0.15, 0.2) is 9.84 Å². The van der Waals surface area contributed by atoms with Gasteiger partial charge in [-0.05, 0) is 93.7 Å². The summed E-state index contributed by atoms with van der Waals surface area (Å²) in [5, 5.41) is 3.38. The number of anilines is 1. The number of sulfone groups is 1. The maximum absolute atomic E-state index is 13.6. The van der Waals surface area contributed by atoms with Gasteiger partial charge in [-0.25, -0.2) is 8.42 Å². The van der Waals surface area contributed by atoms with Crippen molar-refractivity contribution in [2.45, 2.75) is 70.1 Å². The number of aromatic nitrogens is 1. The molecule has 1 atom stereocenters. The van der Waals surface area contributed by atoms with Gasteiger partial charge in [0.05, 0.1) is 22.6 Å². The normalized spacial score (nSPS) is 17.4. The fourth-order valence-corrected chi connectivity index (χ4v) is 8.54. The SMILES string of the molecule is CCCN(CC)C[C@@H]1CCCN1C(=O)Cc1c(C)[nH]c(C=C2C(=O)Nc3ccc(S(=O)(=O)Cc4c(Cl)cccc4Cl)cc32)c1C. The standard InChI is InChI=1S/C34H40Cl2N4O4S/c1-5-14-39(6-2)19-23-9-8-15-40(23)33(41)18-25-21(3)32(37-22(25)4)17-27-26-16-24(12-13-31(26)38-34(27)42)45(43,44)20-28-29(35)10-7-11-30(28)36/h7,10-13,16-17,23,37H,5-6,8-9,14-15,18-20H2,1-4H3,(H,38,42)/t23-/m0/s1. The molecule has 3 heterocycles. The van der Waals surface area contributed by atoms with Crippen LogP contribution in [0.1, 0.15) is 66.8 Å². The highest BCUT2D eigenvalue weighted by Gasteiger charge is 2.31. The Hall–Kier alpha value is -3.11. The first-order valence-corrected chi connectivity index (χ1v) is 17.9. The smallest absolute Gasteiger partial charge is 0.256 e. The zero-order valence-corrected chi connectivity index (χ0v) is 28.5. The van der Waals surface area contributed by atoms with Gasteiger partial charge in [0.2, 0.25) is 5.91 Å². The van der Waals surface area contributed by atoms with E-state index in [-0.39, 0.29) is 45.0 Å². The summed E-state index contributed by atoms with van der Waals surface area (Å²) in [7, 11) is -3.83. The van der Waals surface area contributed by atoms with E-state index in [1.54, 1.807) is 30.3 Å². The maximum atomic E-state index is 13.6. The molecule has 0 bridgehead atoms. The third kappa shape index (κ3) is 7.02. The van der Waals surface area contributed by atoms with Crippen LogP contribution in [0.15, 0.2) is 41.3 Å². The van der Waals surface area contributed by atoms with E-state index in [2.05, 4.69) is 29.0 Å². The van der Waals surface area contributed by atoms with Gasteiger partial charge in [-0.2, -0.15) is 0 Å². The second-order valence-electron chi connectivity index (χ2n) is 11.9. The maximum Gasteiger partial charge on any atom is 0.256 e. The highest BCUT2D eigenvalue weighted by molar-refractivity contribution is 7.90. The molecule has 1 aromatic heterocycles.